The molecule has 8 saturated carbocycles. The van der Waals surface area contributed by atoms with E-state index in [2.05, 4.69) is 6.92 Å². The number of hydrogen-bond acceptors (Lipinski definition) is 1. The highest BCUT2D eigenvalue weighted by Gasteiger charge is 2.70. The van der Waals surface area contributed by atoms with Gasteiger partial charge in [-0.1, -0.05) is 6.07 Å². The third-order valence-corrected chi connectivity index (χ3v) is 11.2. The quantitative estimate of drug-likeness (QED) is 0.586. The second-order valence-corrected chi connectivity index (χ2v) is 13.1. The molecule has 0 saturated heterocycles. The summed E-state index contributed by atoms with van der Waals surface area (Å²) in [6.45, 7) is 2.06. The summed E-state index contributed by atoms with van der Waals surface area (Å²) >= 11 is 0. The number of rotatable bonds is 3. The summed E-state index contributed by atoms with van der Waals surface area (Å²) in [6, 6.07) is 5.33. The van der Waals surface area contributed by atoms with Gasteiger partial charge in [0, 0.05) is 10.8 Å². The van der Waals surface area contributed by atoms with Crippen LogP contribution >= 0.6 is 0 Å². The molecule has 1 nitrogen and oxygen atoms in total. The van der Waals surface area contributed by atoms with Gasteiger partial charge < -0.3 is 5.11 Å². The van der Waals surface area contributed by atoms with Gasteiger partial charge in [0.2, 0.25) is 0 Å². The van der Waals surface area contributed by atoms with Crippen LogP contribution in [-0.2, 0) is 5.60 Å². The molecule has 0 aromatic heterocycles. The standard InChI is InChI=1S/C28H37FO/c1-17-4-24(29)2-3-25(17)28(30,26-11-18-5-19(12-26)7-20(6-18)13-26)27-14-21-8-22(15-27)10-23(9-21)16-27/h2-4,18-23,30H,5-16H2,1H3. The van der Waals surface area contributed by atoms with Crippen molar-refractivity contribution in [1.29, 1.82) is 0 Å². The molecule has 0 spiro atoms. The average Bonchev–Trinajstić information content (AvgIpc) is 2.65. The van der Waals surface area contributed by atoms with Crippen LogP contribution in [0.1, 0.15) is 88.2 Å². The molecule has 0 aliphatic heterocycles. The molecule has 1 N–H and O–H groups in total. The Morgan fingerprint density at radius 1 is 0.733 bits per heavy atom. The minimum atomic E-state index is -0.774. The Labute approximate surface area is 180 Å². The predicted octanol–water partition coefficient (Wildman–Crippen LogP) is 6.75. The van der Waals surface area contributed by atoms with Gasteiger partial charge in [0.1, 0.15) is 11.4 Å². The van der Waals surface area contributed by atoms with E-state index in [9.17, 15) is 9.50 Å². The van der Waals surface area contributed by atoms with Crippen molar-refractivity contribution >= 4 is 0 Å². The number of halogens is 1. The number of aryl methyl sites for hydroxylation is 1. The number of aliphatic hydroxyl groups is 1. The van der Waals surface area contributed by atoms with Crippen LogP contribution in [0.5, 0.6) is 0 Å². The Balaban J connectivity index is 1.44. The molecule has 1 aromatic rings. The van der Waals surface area contributed by atoms with E-state index in [4.69, 9.17) is 0 Å². The van der Waals surface area contributed by atoms with Crippen LogP contribution in [0.25, 0.3) is 0 Å². The molecule has 9 rings (SSSR count). The summed E-state index contributed by atoms with van der Waals surface area (Å²) < 4.78 is 14.2. The Hall–Kier alpha value is -0.890. The van der Waals surface area contributed by atoms with Gasteiger partial charge in [-0.3, -0.25) is 0 Å². The topological polar surface area (TPSA) is 20.2 Å². The first-order chi connectivity index (χ1) is 14.4. The minimum absolute atomic E-state index is 0.0238. The highest BCUT2D eigenvalue weighted by atomic mass is 19.1. The van der Waals surface area contributed by atoms with E-state index < -0.39 is 5.60 Å². The molecule has 162 valence electrons. The monoisotopic (exact) mass is 408 g/mol. The van der Waals surface area contributed by atoms with Gasteiger partial charge in [-0.25, -0.2) is 4.39 Å². The van der Waals surface area contributed by atoms with E-state index in [0.717, 1.165) is 46.6 Å². The molecule has 2 heteroatoms. The van der Waals surface area contributed by atoms with E-state index in [1.165, 1.54) is 77.0 Å². The largest absolute Gasteiger partial charge is 0.384 e. The maximum absolute atomic E-state index is 14.2. The van der Waals surface area contributed by atoms with Crippen LogP contribution in [0.4, 0.5) is 4.39 Å². The zero-order valence-corrected chi connectivity index (χ0v) is 18.5. The molecule has 0 radical (unpaired) electrons. The van der Waals surface area contributed by atoms with Crippen molar-refractivity contribution in [3.63, 3.8) is 0 Å². The van der Waals surface area contributed by atoms with Crippen molar-refractivity contribution in [2.75, 3.05) is 0 Å². The molecule has 8 bridgehead atoms. The molecule has 8 fully saturated rings. The fourth-order valence-corrected chi connectivity index (χ4v) is 11.3. The maximum Gasteiger partial charge on any atom is 0.123 e. The van der Waals surface area contributed by atoms with Gasteiger partial charge in [0.05, 0.1) is 0 Å². The molecule has 8 aliphatic carbocycles. The van der Waals surface area contributed by atoms with Crippen LogP contribution in [0, 0.1) is 59.1 Å². The lowest BCUT2D eigenvalue weighted by molar-refractivity contribution is -0.278. The van der Waals surface area contributed by atoms with Crippen molar-refractivity contribution in [2.24, 2.45) is 46.3 Å². The van der Waals surface area contributed by atoms with Crippen molar-refractivity contribution in [3.8, 4) is 0 Å². The molecular weight excluding hydrogens is 371 g/mol. The number of hydrogen-bond donors (Lipinski definition) is 1. The molecule has 30 heavy (non-hydrogen) atoms. The smallest absolute Gasteiger partial charge is 0.123 e. The second-order valence-electron chi connectivity index (χ2n) is 13.1. The molecule has 0 heterocycles. The molecular formula is C28H37FO. The summed E-state index contributed by atoms with van der Waals surface area (Å²) in [6.07, 6.45) is 15.7. The van der Waals surface area contributed by atoms with Gasteiger partial charge in [0.25, 0.3) is 0 Å². The minimum Gasteiger partial charge on any atom is -0.384 e. The Kier molecular flexibility index (Phi) is 3.68. The lowest BCUT2D eigenvalue weighted by Crippen LogP contribution is -2.67. The third-order valence-electron chi connectivity index (χ3n) is 11.2. The van der Waals surface area contributed by atoms with E-state index in [-0.39, 0.29) is 16.6 Å². The van der Waals surface area contributed by atoms with Gasteiger partial charge in [-0.2, -0.15) is 0 Å². The third kappa shape index (κ3) is 2.28. The number of benzene rings is 1. The second kappa shape index (κ2) is 5.91. The van der Waals surface area contributed by atoms with E-state index in [1.54, 1.807) is 12.1 Å². The van der Waals surface area contributed by atoms with Gasteiger partial charge in [-0.05, 0) is 143 Å². The Morgan fingerprint density at radius 2 is 1.10 bits per heavy atom. The summed E-state index contributed by atoms with van der Waals surface area (Å²) in [5, 5.41) is 13.4. The van der Waals surface area contributed by atoms with Crippen molar-refractivity contribution < 1.29 is 9.50 Å². The van der Waals surface area contributed by atoms with Crippen molar-refractivity contribution in [3.05, 3.63) is 35.1 Å². The molecule has 0 unspecified atom stereocenters. The van der Waals surface area contributed by atoms with Crippen LogP contribution < -0.4 is 0 Å². The summed E-state index contributed by atoms with van der Waals surface area (Å²) in [4.78, 5) is 0. The summed E-state index contributed by atoms with van der Waals surface area (Å²) in [7, 11) is 0. The summed E-state index contributed by atoms with van der Waals surface area (Å²) in [5.74, 6) is 4.74. The molecule has 0 atom stereocenters. The van der Waals surface area contributed by atoms with Gasteiger partial charge >= 0.3 is 0 Å². The first kappa shape index (κ1) is 18.7. The molecule has 1 aromatic carbocycles. The van der Waals surface area contributed by atoms with Crippen LogP contribution in [0.2, 0.25) is 0 Å². The first-order valence-electron chi connectivity index (χ1n) is 12.9. The normalized spacial score (nSPS) is 50.1. The molecule has 8 aliphatic rings. The highest BCUT2D eigenvalue weighted by Crippen LogP contribution is 2.75. The van der Waals surface area contributed by atoms with Crippen LogP contribution in [0.15, 0.2) is 18.2 Å². The van der Waals surface area contributed by atoms with E-state index in [1.807, 2.05) is 6.07 Å². The molecule has 0 amide bonds. The van der Waals surface area contributed by atoms with Gasteiger partial charge in [0.15, 0.2) is 0 Å². The predicted molar refractivity (Wildman–Crippen MR) is 116 cm³/mol. The summed E-state index contributed by atoms with van der Waals surface area (Å²) in [5.41, 5.74) is 1.37. The van der Waals surface area contributed by atoms with Crippen molar-refractivity contribution in [1.82, 2.24) is 0 Å². The average molecular weight is 409 g/mol. The van der Waals surface area contributed by atoms with Crippen LogP contribution in [0.3, 0.4) is 0 Å². The maximum atomic E-state index is 14.2. The van der Waals surface area contributed by atoms with E-state index in [0.29, 0.717) is 0 Å². The Morgan fingerprint density at radius 3 is 1.43 bits per heavy atom. The highest BCUT2D eigenvalue weighted by molar-refractivity contribution is 5.38. The Bertz CT molecular complexity index is 770. The fourth-order valence-electron chi connectivity index (χ4n) is 11.3. The van der Waals surface area contributed by atoms with E-state index >= 15 is 0 Å². The zero-order valence-electron chi connectivity index (χ0n) is 18.5. The fraction of sp³-hybridized carbons (Fsp3) is 0.786. The van der Waals surface area contributed by atoms with Gasteiger partial charge in [-0.15, -0.1) is 0 Å². The lowest BCUT2D eigenvalue weighted by atomic mass is 9.35. The van der Waals surface area contributed by atoms with Crippen molar-refractivity contribution in [2.45, 2.75) is 89.6 Å². The zero-order chi connectivity index (χ0) is 20.3. The lowest BCUT2D eigenvalue weighted by Gasteiger charge is -2.71. The first-order valence-corrected chi connectivity index (χ1v) is 12.9. The SMILES string of the molecule is Cc1cc(F)ccc1C(O)(C12CC3CC(CC(C3)C1)C2)C12CC3CC(CC(C3)C1)C2. The van der Waals surface area contributed by atoms with Crippen LogP contribution in [-0.4, -0.2) is 5.11 Å².